The topological polar surface area (TPSA) is 41.6 Å². The molecule has 1 aliphatic heterocycles. The van der Waals surface area contributed by atoms with Gasteiger partial charge in [-0.05, 0) is 63.9 Å². The zero-order valence-electron chi connectivity index (χ0n) is 14.6. The van der Waals surface area contributed by atoms with E-state index >= 15 is 0 Å². The van der Waals surface area contributed by atoms with E-state index in [4.69, 9.17) is 4.74 Å². The van der Waals surface area contributed by atoms with Gasteiger partial charge in [0.15, 0.2) is 0 Å². The number of carbonyl (C=O) groups is 1. The number of hydrogen-bond acceptors (Lipinski definition) is 3. The summed E-state index contributed by atoms with van der Waals surface area (Å²) in [6.07, 6.45) is 4.61. The molecule has 1 aromatic carbocycles. The number of amides is 1. The average molecular weight is 334 g/mol. The Bertz CT molecular complexity index is 576. The number of benzene rings is 1. The third kappa shape index (κ3) is 3.07. The minimum atomic E-state index is -0.352. The number of hydrogen-bond donors (Lipinski definition) is 1. The summed E-state index contributed by atoms with van der Waals surface area (Å²) in [7, 11) is 3.95. The highest BCUT2D eigenvalue weighted by Crippen LogP contribution is 2.38. The van der Waals surface area contributed by atoms with E-state index in [0.717, 1.165) is 37.7 Å². The van der Waals surface area contributed by atoms with Crippen molar-refractivity contribution in [3.63, 3.8) is 0 Å². The lowest BCUT2D eigenvalue weighted by Gasteiger charge is -2.46. The Hall–Kier alpha value is -1.46. The molecular weight excluding hydrogens is 307 g/mol. The van der Waals surface area contributed by atoms with Crippen molar-refractivity contribution in [2.45, 2.75) is 43.1 Å². The zero-order valence-corrected chi connectivity index (χ0v) is 14.6. The van der Waals surface area contributed by atoms with E-state index in [9.17, 15) is 9.18 Å². The van der Waals surface area contributed by atoms with Gasteiger partial charge in [0.1, 0.15) is 5.82 Å². The van der Waals surface area contributed by atoms with Gasteiger partial charge in [-0.3, -0.25) is 9.69 Å². The van der Waals surface area contributed by atoms with Crippen LogP contribution >= 0.6 is 0 Å². The van der Waals surface area contributed by atoms with Crippen molar-refractivity contribution in [3.05, 3.63) is 35.6 Å². The van der Waals surface area contributed by atoms with Crippen molar-refractivity contribution in [2.75, 3.05) is 33.9 Å². The molecule has 1 aliphatic carbocycles. The first-order valence-corrected chi connectivity index (χ1v) is 8.78. The van der Waals surface area contributed by atoms with Gasteiger partial charge in [0.25, 0.3) is 0 Å². The predicted molar refractivity (Wildman–Crippen MR) is 91.4 cm³/mol. The number of nitrogens with zero attached hydrogens (tertiary/aromatic N) is 1. The molecule has 0 aromatic heterocycles. The smallest absolute Gasteiger partial charge is 0.240 e. The summed E-state index contributed by atoms with van der Waals surface area (Å²) in [5, 5.41) is 3.20. The van der Waals surface area contributed by atoms with E-state index in [0.29, 0.717) is 19.8 Å². The maximum Gasteiger partial charge on any atom is 0.240 e. The summed E-state index contributed by atoms with van der Waals surface area (Å²) < 4.78 is 18.8. The normalized spacial score (nSPS) is 22.0. The first-order valence-electron chi connectivity index (χ1n) is 8.78. The van der Waals surface area contributed by atoms with Crippen LogP contribution in [0.15, 0.2) is 24.3 Å². The Kier molecular flexibility index (Phi) is 4.92. The molecule has 132 valence electrons. The van der Waals surface area contributed by atoms with Crippen molar-refractivity contribution < 1.29 is 13.9 Å². The molecule has 4 nitrogen and oxygen atoms in total. The molecule has 2 fully saturated rings. The molecule has 3 rings (SSSR count). The highest BCUT2D eigenvalue weighted by atomic mass is 19.1. The second kappa shape index (κ2) is 6.81. The van der Waals surface area contributed by atoms with Gasteiger partial charge in [0, 0.05) is 25.2 Å². The lowest BCUT2D eigenvalue weighted by molar-refractivity contribution is -0.137. The van der Waals surface area contributed by atoms with Gasteiger partial charge < -0.3 is 10.1 Å². The number of halogens is 1. The highest BCUT2D eigenvalue weighted by molar-refractivity contribution is 5.87. The van der Waals surface area contributed by atoms with Crippen molar-refractivity contribution in [1.82, 2.24) is 10.2 Å². The fraction of sp³-hybridized carbons (Fsp3) is 0.632. The van der Waals surface area contributed by atoms with Crippen LogP contribution in [0.5, 0.6) is 0 Å². The van der Waals surface area contributed by atoms with Crippen LogP contribution in [-0.2, 0) is 14.9 Å². The van der Waals surface area contributed by atoms with Crippen LogP contribution in [0.4, 0.5) is 4.39 Å². The molecule has 1 amide bonds. The molecule has 0 unspecified atom stereocenters. The zero-order chi connectivity index (χ0) is 17.2. The lowest BCUT2D eigenvalue weighted by atomic mass is 9.72. The molecule has 0 bridgehead atoms. The fourth-order valence-corrected chi connectivity index (χ4v) is 3.94. The van der Waals surface area contributed by atoms with Gasteiger partial charge in [-0.1, -0.05) is 12.1 Å². The number of rotatable bonds is 5. The summed E-state index contributed by atoms with van der Waals surface area (Å²) in [4.78, 5) is 14.9. The van der Waals surface area contributed by atoms with E-state index in [1.165, 1.54) is 12.1 Å². The molecule has 5 heteroatoms. The molecule has 1 aromatic rings. The second-order valence-corrected chi connectivity index (χ2v) is 7.36. The largest absolute Gasteiger partial charge is 0.381 e. The molecule has 0 spiro atoms. The van der Waals surface area contributed by atoms with E-state index in [2.05, 4.69) is 5.32 Å². The van der Waals surface area contributed by atoms with Crippen LogP contribution in [0.25, 0.3) is 0 Å². The fourth-order valence-electron chi connectivity index (χ4n) is 3.94. The number of carbonyl (C=O) groups excluding carboxylic acids is 1. The van der Waals surface area contributed by atoms with E-state index in [1.807, 2.05) is 31.1 Å². The molecule has 1 heterocycles. The van der Waals surface area contributed by atoms with Crippen molar-refractivity contribution in [2.24, 2.45) is 0 Å². The second-order valence-electron chi connectivity index (χ2n) is 7.36. The number of nitrogens with one attached hydrogen (secondary N) is 1. The van der Waals surface area contributed by atoms with Crippen molar-refractivity contribution >= 4 is 5.91 Å². The molecule has 1 saturated carbocycles. The Balaban J connectivity index is 1.75. The summed E-state index contributed by atoms with van der Waals surface area (Å²) in [5.41, 5.74) is 0.564. The van der Waals surface area contributed by atoms with Crippen LogP contribution in [0.1, 0.15) is 37.7 Å². The van der Waals surface area contributed by atoms with E-state index < -0.39 is 0 Å². The Morgan fingerprint density at radius 2 is 1.79 bits per heavy atom. The highest BCUT2D eigenvalue weighted by Gasteiger charge is 2.47. The van der Waals surface area contributed by atoms with Gasteiger partial charge in [0.05, 0.1) is 5.54 Å². The van der Waals surface area contributed by atoms with Crippen LogP contribution in [-0.4, -0.2) is 50.2 Å². The lowest BCUT2D eigenvalue weighted by Crippen LogP contribution is -2.61. The molecule has 1 saturated heterocycles. The first kappa shape index (κ1) is 17.4. The summed E-state index contributed by atoms with van der Waals surface area (Å²) in [6.45, 7) is 1.93. The maximum absolute atomic E-state index is 13.3. The standard InChI is InChI=1S/C19H27FN2O2/c1-22(2)19(8-3-9-19)17(23)21-14-18(10-12-24-13-11-18)15-4-6-16(20)7-5-15/h4-7H,3,8-14H2,1-2H3,(H,21,23). The minimum Gasteiger partial charge on any atom is -0.381 e. The molecule has 1 N–H and O–H groups in total. The minimum absolute atomic E-state index is 0.117. The third-order valence-corrected chi connectivity index (χ3v) is 5.95. The van der Waals surface area contributed by atoms with Gasteiger partial charge >= 0.3 is 0 Å². The molecule has 0 radical (unpaired) electrons. The van der Waals surface area contributed by atoms with Gasteiger partial charge in [-0.25, -0.2) is 4.39 Å². The van der Waals surface area contributed by atoms with Crippen LogP contribution < -0.4 is 5.32 Å². The Morgan fingerprint density at radius 3 is 2.29 bits per heavy atom. The van der Waals surface area contributed by atoms with E-state index in [1.54, 1.807) is 0 Å². The molecular formula is C19H27FN2O2. The summed E-state index contributed by atoms with van der Waals surface area (Å²) >= 11 is 0. The first-order chi connectivity index (χ1) is 11.5. The SMILES string of the molecule is CN(C)C1(C(=O)NCC2(c3ccc(F)cc3)CCOCC2)CCC1. The Labute approximate surface area is 143 Å². The number of likely N-dealkylation sites (N-methyl/N-ethyl adjacent to an activating group) is 1. The predicted octanol–water partition coefficient (Wildman–Crippen LogP) is 2.47. The summed E-state index contributed by atoms with van der Waals surface area (Å²) in [6, 6.07) is 6.69. The van der Waals surface area contributed by atoms with Crippen LogP contribution in [0, 0.1) is 5.82 Å². The van der Waals surface area contributed by atoms with Gasteiger partial charge in [-0.2, -0.15) is 0 Å². The summed E-state index contributed by atoms with van der Waals surface area (Å²) in [5.74, 6) is -0.113. The van der Waals surface area contributed by atoms with Crippen molar-refractivity contribution in [1.29, 1.82) is 0 Å². The van der Waals surface area contributed by atoms with E-state index in [-0.39, 0.29) is 22.7 Å². The molecule has 2 aliphatic rings. The van der Waals surface area contributed by atoms with Gasteiger partial charge in [0.2, 0.25) is 5.91 Å². The molecule has 0 atom stereocenters. The Morgan fingerprint density at radius 1 is 1.17 bits per heavy atom. The quantitative estimate of drug-likeness (QED) is 0.899. The third-order valence-electron chi connectivity index (χ3n) is 5.95. The number of ether oxygens (including phenoxy) is 1. The average Bonchev–Trinajstić information content (AvgIpc) is 2.53. The van der Waals surface area contributed by atoms with Crippen LogP contribution in [0.2, 0.25) is 0 Å². The molecule has 24 heavy (non-hydrogen) atoms. The van der Waals surface area contributed by atoms with Crippen molar-refractivity contribution in [3.8, 4) is 0 Å². The van der Waals surface area contributed by atoms with Gasteiger partial charge in [-0.15, -0.1) is 0 Å². The maximum atomic E-state index is 13.3. The monoisotopic (exact) mass is 334 g/mol. The van der Waals surface area contributed by atoms with Crippen LogP contribution in [0.3, 0.4) is 0 Å².